The van der Waals surface area contributed by atoms with E-state index in [1.54, 1.807) is 6.07 Å². The third-order valence-corrected chi connectivity index (χ3v) is 13.1. The number of rotatable bonds is 6. The van der Waals surface area contributed by atoms with Crippen LogP contribution in [0.1, 0.15) is 105 Å². The maximum absolute atomic E-state index is 11.1. The second kappa shape index (κ2) is 16.3. The van der Waals surface area contributed by atoms with E-state index in [9.17, 15) is 5.11 Å². The number of hydrogen-bond donors (Lipinski definition) is 1. The zero-order chi connectivity index (χ0) is 46.9. The number of benzene rings is 6. The Bertz CT molecular complexity index is 3240. The molecule has 9 aromatic rings. The normalized spacial score (nSPS) is 12.6. The number of para-hydroxylation sites is 2. The quantitative estimate of drug-likeness (QED) is 0.181. The van der Waals surface area contributed by atoms with Crippen molar-refractivity contribution < 1.29 is 5.11 Å². The summed E-state index contributed by atoms with van der Waals surface area (Å²) < 4.78 is 2.44. The summed E-state index contributed by atoms with van der Waals surface area (Å²) in [6.07, 6.45) is 0. The molecule has 0 aliphatic carbocycles. The van der Waals surface area contributed by atoms with Gasteiger partial charge in [0.2, 0.25) is 0 Å². The van der Waals surface area contributed by atoms with Crippen molar-refractivity contribution in [2.75, 3.05) is 0 Å². The number of phenols is 1. The Hall–Kier alpha value is -6.78. The van der Waals surface area contributed by atoms with Crippen LogP contribution in [0.3, 0.4) is 0 Å². The molecule has 4 heteroatoms. The van der Waals surface area contributed by atoms with Gasteiger partial charge in [0.15, 0.2) is 0 Å². The molecule has 0 unspecified atom stereocenters. The van der Waals surface area contributed by atoms with Crippen molar-refractivity contribution in [3.8, 4) is 67.6 Å². The number of pyridine rings is 2. The molecule has 4 nitrogen and oxygen atoms in total. The molecule has 3 aromatic heterocycles. The minimum absolute atomic E-state index is 0.0121. The van der Waals surface area contributed by atoms with E-state index in [4.69, 9.17) is 9.97 Å². The van der Waals surface area contributed by atoms with E-state index in [1.807, 2.05) is 18.2 Å². The topological polar surface area (TPSA) is 50.9 Å². The number of phenolic OH excluding ortho intramolecular Hbond substituents is 1. The Morgan fingerprint density at radius 3 is 1.42 bits per heavy atom. The van der Waals surface area contributed by atoms with Gasteiger partial charge in [-0.2, -0.15) is 0 Å². The maximum atomic E-state index is 11.1. The first-order valence-corrected chi connectivity index (χ1v) is 23.4. The zero-order valence-electron chi connectivity index (χ0n) is 40.8. The van der Waals surface area contributed by atoms with Crippen LogP contribution in [0.15, 0.2) is 158 Å². The van der Waals surface area contributed by atoms with Gasteiger partial charge in [-0.3, -0.25) is 0 Å². The fraction of sp³-hybridized carbons (Fsp3) is 0.258. The summed E-state index contributed by atoms with van der Waals surface area (Å²) in [5.74, 6) is 0.202. The van der Waals surface area contributed by atoms with Gasteiger partial charge >= 0.3 is 0 Å². The van der Waals surface area contributed by atoms with Crippen molar-refractivity contribution in [2.24, 2.45) is 0 Å². The van der Waals surface area contributed by atoms with Crippen LogP contribution < -0.4 is 0 Å². The predicted octanol–water partition coefficient (Wildman–Crippen LogP) is 16.8. The molecule has 9 rings (SSSR count). The highest BCUT2D eigenvalue weighted by Crippen LogP contribution is 2.41. The van der Waals surface area contributed by atoms with Gasteiger partial charge in [0.25, 0.3) is 0 Å². The van der Waals surface area contributed by atoms with Gasteiger partial charge in [-0.05, 0) is 122 Å². The van der Waals surface area contributed by atoms with Crippen molar-refractivity contribution in [2.45, 2.75) is 105 Å². The van der Waals surface area contributed by atoms with Crippen molar-refractivity contribution in [3.05, 3.63) is 180 Å². The Kier molecular flexibility index (Phi) is 11.0. The van der Waals surface area contributed by atoms with E-state index in [1.165, 1.54) is 44.2 Å². The standard InChI is InChI=1S/C62H63N3O/c1-59(2,3)44-30-42(31-45(35-44)60(4,5)6)43-32-54(64-55(33-43)51-22-14-16-26-58(51)66)40-20-17-19-39(29-40)52-23-18-24-53(63-52)41-27-28-50-49-21-13-15-25-56(49)65(57(50)34-41)48-37-46(61(7,8)9)36-47(38-48)62(10,11)12/h13-38,66H,1-12H3. The van der Waals surface area contributed by atoms with Crippen LogP contribution in [0.2, 0.25) is 0 Å². The third kappa shape index (κ3) is 8.70. The molecule has 0 fully saturated rings. The lowest BCUT2D eigenvalue weighted by Crippen LogP contribution is -2.17. The molecule has 66 heavy (non-hydrogen) atoms. The molecule has 0 saturated heterocycles. The molecule has 6 aromatic carbocycles. The lowest BCUT2D eigenvalue weighted by atomic mass is 9.79. The summed E-state index contributed by atoms with van der Waals surface area (Å²) in [5.41, 5.74) is 17.9. The van der Waals surface area contributed by atoms with Crippen LogP contribution in [-0.4, -0.2) is 19.6 Å². The average molecular weight is 866 g/mol. The highest BCUT2D eigenvalue weighted by molar-refractivity contribution is 6.10. The summed E-state index contributed by atoms with van der Waals surface area (Å²) in [6.45, 7) is 27.4. The molecule has 0 atom stereocenters. The average Bonchev–Trinajstić information content (AvgIpc) is 3.61. The third-order valence-electron chi connectivity index (χ3n) is 13.1. The molecule has 332 valence electrons. The minimum atomic E-state index is -0.0410. The molecule has 0 spiro atoms. The van der Waals surface area contributed by atoms with Gasteiger partial charge in [-0.25, -0.2) is 9.97 Å². The van der Waals surface area contributed by atoms with Crippen molar-refractivity contribution in [1.82, 2.24) is 14.5 Å². The van der Waals surface area contributed by atoms with Gasteiger partial charge in [0.05, 0.1) is 33.8 Å². The summed E-state index contributed by atoms with van der Waals surface area (Å²) in [7, 11) is 0. The molecule has 0 aliphatic rings. The van der Waals surface area contributed by atoms with Gasteiger partial charge in [0.1, 0.15) is 5.75 Å². The highest BCUT2D eigenvalue weighted by Gasteiger charge is 2.25. The summed E-state index contributed by atoms with van der Waals surface area (Å²) >= 11 is 0. The van der Waals surface area contributed by atoms with Gasteiger partial charge in [0, 0.05) is 38.7 Å². The molecule has 0 bridgehead atoms. The first-order valence-electron chi connectivity index (χ1n) is 23.4. The van der Waals surface area contributed by atoms with Crippen LogP contribution in [0.4, 0.5) is 0 Å². The van der Waals surface area contributed by atoms with Crippen molar-refractivity contribution in [1.29, 1.82) is 0 Å². The second-order valence-corrected chi connectivity index (χ2v) is 22.3. The molecule has 0 aliphatic heterocycles. The molecule has 0 radical (unpaired) electrons. The Morgan fingerprint density at radius 2 is 0.818 bits per heavy atom. The lowest BCUT2D eigenvalue weighted by Gasteiger charge is -2.26. The minimum Gasteiger partial charge on any atom is -0.507 e. The van der Waals surface area contributed by atoms with Crippen LogP contribution in [0.5, 0.6) is 5.75 Å². The lowest BCUT2D eigenvalue weighted by molar-refractivity contribution is 0.477. The first-order chi connectivity index (χ1) is 31.1. The number of aromatic nitrogens is 3. The molecular formula is C62H63N3O. The van der Waals surface area contributed by atoms with Gasteiger partial charge in [-0.1, -0.05) is 174 Å². The van der Waals surface area contributed by atoms with E-state index in [-0.39, 0.29) is 27.4 Å². The number of hydrogen-bond acceptors (Lipinski definition) is 3. The van der Waals surface area contributed by atoms with E-state index < -0.39 is 0 Å². The number of fused-ring (bicyclic) bond motifs is 3. The van der Waals surface area contributed by atoms with E-state index in [0.29, 0.717) is 5.56 Å². The van der Waals surface area contributed by atoms with Crippen molar-refractivity contribution in [3.63, 3.8) is 0 Å². The second-order valence-electron chi connectivity index (χ2n) is 22.3. The Morgan fingerprint density at radius 1 is 0.348 bits per heavy atom. The maximum Gasteiger partial charge on any atom is 0.124 e. The SMILES string of the molecule is CC(C)(C)c1cc(-c2cc(-c3cccc(-c4cccc(-c5ccc6c7ccccc7n(-c7cc(C(C)(C)C)cc(C(C)(C)C)c7)c6c5)n4)c3)nc(-c3ccccc3O)c2)cc(C(C)(C)C)c1. The summed E-state index contributed by atoms with van der Waals surface area (Å²) in [5, 5.41) is 13.5. The van der Waals surface area contributed by atoms with Crippen molar-refractivity contribution >= 4 is 21.8 Å². The van der Waals surface area contributed by atoms with E-state index in [0.717, 1.165) is 56.1 Å². The molecular weight excluding hydrogens is 803 g/mol. The molecule has 0 amide bonds. The molecule has 3 heterocycles. The smallest absolute Gasteiger partial charge is 0.124 e. The highest BCUT2D eigenvalue weighted by atomic mass is 16.3. The fourth-order valence-corrected chi connectivity index (χ4v) is 8.94. The van der Waals surface area contributed by atoms with Crippen LogP contribution in [0.25, 0.3) is 83.6 Å². The van der Waals surface area contributed by atoms with Crippen LogP contribution >= 0.6 is 0 Å². The van der Waals surface area contributed by atoms with Crippen LogP contribution in [0, 0.1) is 0 Å². The summed E-state index contributed by atoms with van der Waals surface area (Å²) in [4.78, 5) is 10.6. The largest absolute Gasteiger partial charge is 0.507 e. The molecule has 0 saturated carbocycles. The predicted molar refractivity (Wildman–Crippen MR) is 280 cm³/mol. The molecule has 1 N–H and O–H groups in total. The first kappa shape index (κ1) is 44.4. The fourth-order valence-electron chi connectivity index (χ4n) is 8.94. The van der Waals surface area contributed by atoms with E-state index in [2.05, 4.69) is 221 Å². The monoisotopic (exact) mass is 865 g/mol. The number of aromatic hydroxyl groups is 1. The van der Waals surface area contributed by atoms with Gasteiger partial charge < -0.3 is 9.67 Å². The zero-order valence-corrected chi connectivity index (χ0v) is 40.8. The Labute approximate surface area is 392 Å². The van der Waals surface area contributed by atoms with Crippen LogP contribution in [-0.2, 0) is 21.7 Å². The number of nitrogens with zero attached hydrogens (tertiary/aromatic N) is 3. The van der Waals surface area contributed by atoms with Gasteiger partial charge in [-0.15, -0.1) is 0 Å². The van der Waals surface area contributed by atoms with E-state index >= 15 is 0 Å². The summed E-state index contributed by atoms with van der Waals surface area (Å²) in [6, 6.07) is 56.3. The Balaban J connectivity index is 1.16.